The summed E-state index contributed by atoms with van der Waals surface area (Å²) < 4.78 is 5.22. The van der Waals surface area contributed by atoms with Crippen LogP contribution < -0.4 is 4.74 Å². The second kappa shape index (κ2) is 5.59. The Kier molecular flexibility index (Phi) is 3.88. The van der Waals surface area contributed by atoms with Gasteiger partial charge in [0.15, 0.2) is 0 Å². The van der Waals surface area contributed by atoms with E-state index in [4.69, 9.17) is 10.00 Å². The lowest BCUT2D eigenvalue weighted by atomic mass is 10.2. The maximum absolute atomic E-state index is 8.85. The van der Waals surface area contributed by atoms with E-state index in [0.29, 0.717) is 21.4 Å². The lowest BCUT2D eigenvalue weighted by molar-refractivity contribution is 0.412. The summed E-state index contributed by atoms with van der Waals surface area (Å²) in [6.45, 7) is 3.74. The fraction of sp³-hybridized carbons (Fsp3) is 0.231. The highest BCUT2D eigenvalue weighted by molar-refractivity contribution is 7.15. The number of ether oxygens (including phenoxy) is 1. The molecule has 0 radical (unpaired) electrons. The van der Waals surface area contributed by atoms with Crippen molar-refractivity contribution in [1.82, 2.24) is 4.98 Å². The summed E-state index contributed by atoms with van der Waals surface area (Å²) >= 11 is 1.23. The van der Waals surface area contributed by atoms with Gasteiger partial charge in [-0.3, -0.25) is 0 Å². The zero-order chi connectivity index (χ0) is 13.8. The number of hydrogen-bond donors (Lipinski definition) is 0. The van der Waals surface area contributed by atoms with Crippen molar-refractivity contribution in [3.63, 3.8) is 0 Å². The molecule has 0 saturated heterocycles. The summed E-state index contributed by atoms with van der Waals surface area (Å²) in [6.07, 6.45) is 0. The number of nitrogens with zero attached hydrogens (tertiary/aromatic N) is 4. The smallest absolute Gasteiger partial charge is 0.231 e. The molecule has 2 aromatic rings. The van der Waals surface area contributed by atoms with E-state index < -0.39 is 0 Å². The van der Waals surface area contributed by atoms with Gasteiger partial charge in [-0.2, -0.15) is 5.26 Å². The largest absolute Gasteiger partial charge is 0.496 e. The Bertz CT molecular complexity index is 670. The van der Waals surface area contributed by atoms with E-state index in [0.717, 1.165) is 11.3 Å². The maximum Gasteiger partial charge on any atom is 0.231 e. The van der Waals surface area contributed by atoms with E-state index >= 15 is 0 Å². The summed E-state index contributed by atoms with van der Waals surface area (Å²) in [5, 5.41) is 17.5. The number of hydrogen-bond acceptors (Lipinski definition) is 6. The molecular weight excluding hydrogens is 260 g/mol. The number of methoxy groups -OCH3 is 1. The normalized spacial score (nSPS) is 10.6. The van der Waals surface area contributed by atoms with E-state index in [2.05, 4.69) is 21.3 Å². The molecule has 19 heavy (non-hydrogen) atoms. The van der Waals surface area contributed by atoms with Crippen LogP contribution in [0, 0.1) is 25.2 Å². The van der Waals surface area contributed by atoms with E-state index in [1.807, 2.05) is 25.1 Å². The van der Waals surface area contributed by atoms with Gasteiger partial charge >= 0.3 is 0 Å². The molecule has 5 nitrogen and oxygen atoms in total. The van der Waals surface area contributed by atoms with Crippen molar-refractivity contribution in [2.75, 3.05) is 7.11 Å². The molecule has 0 N–H and O–H groups in total. The Morgan fingerprint density at radius 1 is 1.32 bits per heavy atom. The Labute approximate surface area is 115 Å². The van der Waals surface area contributed by atoms with Crippen molar-refractivity contribution in [2.45, 2.75) is 13.8 Å². The highest BCUT2D eigenvalue weighted by Crippen LogP contribution is 2.28. The van der Waals surface area contributed by atoms with Crippen LogP contribution in [0.5, 0.6) is 5.75 Å². The fourth-order valence-electron chi connectivity index (χ4n) is 1.50. The predicted octanol–water partition coefficient (Wildman–Crippen LogP) is 4.06. The van der Waals surface area contributed by atoms with Gasteiger partial charge in [0, 0.05) is 6.07 Å². The predicted molar refractivity (Wildman–Crippen MR) is 73.5 cm³/mol. The molecule has 2 rings (SSSR count). The summed E-state index contributed by atoms with van der Waals surface area (Å²) in [7, 11) is 1.62. The van der Waals surface area contributed by atoms with E-state index in [1.54, 1.807) is 14.0 Å². The highest BCUT2D eigenvalue weighted by Gasteiger charge is 2.06. The fourth-order valence-corrected chi connectivity index (χ4v) is 2.19. The Morgan fingerprint density at radius 3 is 2.74 bits per heavy atom. The number of azo groups is 1. The Balaban J connectivity index is 2.25. The molecule has 96 valence electrons. The molecular formula is C13H12N4OS. The molecule has 0 spiro atoms. The standard InChI is InChI=1S/C13H12N4OS/c1-8-4-5-10(6-11(8)18-3)16-17-13-15-9(2)12(7-14)19-13/h4-6H,1-3H3. The van der Waals surface area contributed by atoms with Crippen molar-refractivity contribution >= 4 is 22.2 Å². The highest BCUT2D eigenvalue weighted by atomic mass is 32.1. The third kappa shape index (κ3) is 2.95. The molecule has 0 aliphatic rings. The van der Waals surface area contributed by atoms with E-state index in [-0.39, 0.29) is 0 Å². The van der Waals surface area contributed by atoms with Gasteiger partial charge in [0.2, 0.25) is 5.13 Å². The van der Waals surface area contributed by atoms with Crippen LogP contribution in [-0.4, -0.2) is 12.1 Å². The third-order valence-corrected chi connectivity index (χ3v) is 3.48. The zero-order valence-electron chi connectivity index (χ0n) is 10.8. The molecule has 6 heteroatoms. The van der Waals surface area contributed by atoms with Crippen LogP contribution in [0.4, 0.5) is 10.8 Å². The minimum atomic E-state index is 0.480. The van der Waals surface area contributed by atoms with Crippen molar-refractivity contribution in [1.29, 1.82) is 5.26 Å². The first-order chi connectivity index (χ1) is 9.13. The van der Waals surface area contributed by atoms with Crippen LogP contribution in [0.3, 0.4) is 0 Å². The van der Waals surface area contributed by atoms with Crippen LogP contribution >= 0.6 is 11.3 Å². The van der Waals surface area contributed by atoms with Gasteiger partial charge in [0.25, 0.3) is 0 Å². The van der Waals surface area contributed by atoms with Gasteiger partial charge in [-0.15, -0.1) is 10.2 Å². The van der Waals surface area contributed by atoms with Gasteiger partial charge in [-0.05, 0) is 25.5 Å². The van der Waals surface area contributed by atoms with Gasteiger partial charge in [-0.1, -0.05) is 17.4 Å². The average molecular weight is 272 g/mol. The number of rotatable bonds is 3. The van der Waals surface area contributed by atoms with Gasteiger partial charge in [-0.25, -0.2) is 4.98 Å². The van der Waals surface area contributed by atoms with Gasteiger partial charge in [0.1, 0.15) is 16.7 Å². The number of aryl methyl sites for hydroxylation is 2. The number of benzene rings is 1. The van der Waals surface area contributed by atoms with Crippen LogP contribution in [0.1, 0.15) is 16.1 Å². The first-order valence-corrected chi connectivity index (χ1v) is 6.39. The second-order valence-corrected chi connectivity index (χ2v) is 4.85. The van der Waals surface area contributed by atoms with Crippen LogP contribution in [0.2, 0.25) is 0 Å². The van der Waals surface area contributed by atoms with Crippen molar-refractivity contribution < 1.29 is 4.74 Å². The lowest BCUT2D eigenvalue weighted by Gasteiger charge is -2.03. The molecule has 0 unspecified atom stereocenters. The molecule has 0 fully saturated rings. The monoisotopic (exact) mass is 272 g/mol. The molecule has 0 atom stereocenters. The molecule has 1 heterocycles. The molecule has 1 aromatic heterocycles. The van der Waals surface area contributed by atoms with Crippen LogP contribution in [0.15, 0.2) is 28.4 Å². The van der Waals surface area contributed by atoms with E-state index in [1.165, 1.54) is 11.3 Å². The summed E-state index contributed by atoms with van der Waals surface area (Å²) in [4.78, 5) is 4.73. The Hall–Kier alpha value is -2.26. The minimum absolute atomic E-state index is 0.480. The summed E-state index contributed by atoms with van der Waals surface area (Å²) in [5.74, 6) is 0.768. The first-order valence-electron chi connectivity index (χ1n) is 5.58. The number of nitriles is 1. The summed E-state index contributed by atoms with van der Waals surface area (Å²) in [5.41, 5.74) is 2.41. The quantitative estimate of drug-likeness (QED) is 0.791. The topological polar surface area (TPSA) is 70.6 Å². The van der Waals surface area contributed by atoms with Crippen LogP contribution in [-0.2, 0) is 0 Å². The van der Waals surface area contributed by atoms with E-state index in [9.17, 15) is 0 Å². The SMILES string of the molecule is COc1cc(N=Nc2nc(C)c(C#N)s2)ccc1C. The first kappa shape index (κ1) is 13.2. The van der Waals surface area contributed by atoms with Crippen molar-refractivity contribution in [3.8, 4) is 11.8 Å². The molecule has 0 aliphatic carbocycles. The Morgan fingerprint density at radius 2 is 2.11 bits per heavy atom. The lowest BCUT2D eigenvalue weighted by Crippen LogP contribution is -1.85. The second-order valence-electron chi connectivity index (χ2n) is 3.88. The minimum Gasteiger partial charge on any atom is -0.496 e. The molecule has 0 saturated carbocycles. The average Bonchev–Trinajstić information content (AvgIpc) is 2.78. The zero-order valence-corrected chi connectivity index (χ0v) is 11.7. The van der Waals surface area contributed by atoms with Gasteiger partial charge < -0.3 is 4.74 Å². The molecule has 1 aromatic carbocycles. The van der Waals surface area contributed by atoms with Crippen LogP contribution in [0.25, 0.3) is 0 Å². The maximum atomic E-state index is 8.85. The van der Waals surface area contributed by atoms with Crippen molar-refractivity contribution in [2.24, 2.45) is 10.2 Å². The summed E-state index contributed by atoms with van der Waals surface area (Å²) in [6, 6.07) is 7.66. The number of thiazole rings is 1. The van der Waals surface area contributed by atoms with Gasteiger partial charge in [0.05, 0.1) is 18.5 Å². The third-order valence-electron chi connectivity index (χ3n) is 2.53. The molecule has 0 amide bonds. The molecule has 0 aliphatic heterocycles. The number of aromatic nitrogens is 1. The molecule has 0 bridgehead atoms. The van der Waals surface area contributed by atoms with Crippen molar-refractivity contribution in [3.05, 3.63) is 34.3 Å².